The van der Waals surface area contributed by atoms with Crippen LogP contribution in [-0.4, -0.2) is 28.7 Å². The molecule has 0 saturated carbocycles. The predicted octanol–water partition coefficient (Wildman–Crippen LogP) is 0.283. The summed E-state index contributed by atoms with van der Waals surface area (Å²) >= 11 is 0. The summed E-state index contributed by atoms with van der Waals surface area (Å²) in [5.74, 6) is 0. The van der Waals surface area contributed by atoms with Crippen LogP contribution >= 0.6 is 0 Å². The van der Waals surface area contributed by atoms with E-state index in [4.69, 9.17) is 0 Å². The number of H-pyrrole nitrogens is 2. The summed E-state index contributed by atoms with van der Waals surface area (Å²) in [5, 5.41) is 13.1. The van der Waals surface area contributed by atoms with Gasteiger partial charge >= 0.3 is 5.69 Å². The van der Waals surface area contributed by atoms with Gasteiger partial charge in [0.05, 0.1) is 16.6 Å². The van der Waals surface area contributed by atoms with Gasteiger partial charge in [0.15, 0.2) is 0 Å². The summed E-state index contributed by atoms with van der Waals surface area (Å²) in [5.41, 5.74) is 1.04. The molecular weight excluding hydrogens is 206 g/mol. The average Bonchev–Trinajstić information content (AvgIpc) is 2.56. The van der Waals surface area contributed by atoms with Gasteiger partial charge in [-0.1, -0.05) is 6.07 Å². The molecule has 1 aromatic carbocycles. The molecule has 0 amide bonds. The third-order valence-electron chi connectivity index (χ3n) is 2.66. The molecule has 5 heteroatoms. The van der Waals surface area contributed by atoms with Crippen molar-refractivity contribution in [2.24, 2.45) is 0 Å². The maximum Gasteiger partial charge on any atom is 0.323 e. The first-order valence-electron chi connectivity index (χ1n) is 5.12. The smallest absolute Gasteiger partial charge is 0.323 e. The number of likely N-dealkylation sites (N-methyl/N-ethyl adjacent to an activating group) is 1. The highest BCUT2D eigenvalue weighted by Crippen LogP contribution is 2.22. The minimum atomic E-state index is -0.947. The lowest BCUT2D eigenvalue weighted by Crippen LogP contribution is -2.33. The molecule has 86 valence electrons. The van der Waals surface area contributed by atoms with Crippen molar-refractivity contribution in [1.82, 2.24) is 15.3 Å². The zero-order valence-corrected chi connectivity index (χ0v) is 9.29. The molecule has 1 aromatic heterocycles. The predicted molar refractivity (Wildman–Crippen MR) is 62.4 cm³/mol. The molecule has 1 unspecified atom stereocenters. The van der Waals surface area contributed by atoms with E-state index in [2.05, 4.69) is 15.3 Å². The van der Waals surface area contributed by atoms with Gasteiger partial charge in [0.2, 0.25) is 0 Å². The van der Waals surface area contributed by atoms with Gasteiger partial charge < -0.3 is 20.4 Å². The Morgan fingerprint density at radius 3 is 2.75 bits per heavy atom. The Hall–Kier alpha value is -1.59. The van der Waals surface area contributed by atoms with Crippen molar-refractivity contribution in [2.75, 3.05) is 13.6 Å². The average molecular weight is 221 g/mol. The van der Waals surface area contributed by atoms with E-state index in [-0.39, 0.29) is 5.69 Å². The monoisotopic (exact) mass is 221 g/mol. The van der Waals surface area contributed by atoms with E-state index in [1.54, 1.807) is 26.1 Å². The van der Waals surface area contributed by atoms with Crippen molar-refractivity contribution in [3.63, 3.8) is 0 Å². The molecule has 0 radical (unpaired) electrons. The molecule has 5 nitrogen and oxygen atoms in total. The molecule has 2 aromatic rings. The first-order chi connectivity index (χ1) is 7.53. The van der Waals surface area contributed by atoms with Crippen LogP contribution in [0.15, 0.2) is 23.0 Å². The normalized spacial score (nSPS) is 15.2. The number of aromatic nitrogens is 2. The Balaban J connectivity index is 2.49. The number of hydrogen-bond donors (Lipinski definition) is 4. The molecule has 1 heterocycles. The largest absolute Gasteiger partial charge is 0.384 e. The summed E-state index contributed by atoms with van der Waals surface area (Å²) in [4.78, 5) is 16.4. The van der Waals surface area contributed by atoms with Crippen LogP contribution in [0, 0.1) is 0 Å². The van der Waals surface area contributed by atoms with Gasteiger partial charge in [0, 0.05) is 6.54 Å². The third kappa shape index (κ3) is 1.87. The Labute approximate surface area is 92.5 Å². The second-order valence-electron chi connectivity index (χ2n) is 4.14. The lowest BCUT2D eigenvalue weighted by atomic mass is 9.96. The Morgan fingerprint density at radius 1 is 1.38 bits per heavy atom. The fourth-order valence-corrected chi connectivity index (χ4v) is 1.81. The van der Waals surface area contributed by atoms with E-state index in [0.29, 0.717) is 12.1 Å². The van der Waals surface area contributed by atoms with Crippen molar-refractivity contribution >= 4 is 11.0 Å². The molecule has 2 rings (SSSR count). The van der Waals surface area contributed by atoms with E-state index in [9.17, 15) is 9.90 Å². The number of aliphatic hydroxyl groups is 1. The van der Waals surface area contributed by atoms with Crippen LogP contribution in [0.5, 0.6) is 0 Å². The van der Waals surface area contributed by atoms with E-state index >= 15 is 0 Å². The summed E-state index contributed by atoms with van der Waals surface area (Å²) in [6, 6.07) is 5.38. The molecule has 4 N–H and O–H groups in total. The van der Waals surface area contributed by atoms with Crippen molar-refractivity contribution in [3.8, 4) is 0 Å². The third-order valence-corrected chi connectivity index (χ3v) is 2.66. The highest BCUT2D eigenvalue weighted by atomic mass is 16.3. The molecule has 0 aliphatic carbocycles. The fourth-order valence-electron chi connectivity index (χ4n) is 1.81. The molecule has 0 bridgehead atoms. The number of aromatic amines is 2. The SMILES string of the molecule is CNCC(C)(O)c1ccc2[nH]c(=O)[nH]c2c1. The fraction of sp³-hybridized carbons (Fsp3) is 0.364. The number of fused-ring (bicyclic) bond motifs is 1. The molecule has 0 spiro atoms. The topological polar surface area (TPSA) is 80.9 Å². The van der Waals surface area contributed by atoms with Gasteiger partial charge in [-0.3, -0.25) is 0 Å². The number of imidazole rings is 1. The van der Waals surface area contributed by atoms with Crippen molar-refractivity contribution in [2.45, 2.75) is 12.5 Å². The summed E-state index contributed by atoms with van der Waals surface area (Å²) < 4.78 is 0. The summed E-state index contributed by atoms with van der Waals surface area (Å²) in [6.07, 6.45) is 0. The zero-order chi connectivity index (χ0) is 11.8. The van der Waals surface area contributed by atoms with Gasteiger partial charge in [-0.15, -0.1) is 0 Å². The first kappa shape index (κ1) is 10.9. The first-order valence-corrected chi connectivity index (χ1v) is 5.12. The van der Waals surface area contributed by atoms with Crippen molar-refractivity contribution < 1.29 is 5.11 Å². The van der Waals surface area contributed by atoms with Crippen LogP contribution in [0.3, 0.4) is 0 Å². The number of rotatable bonds is 3. The minimum absolute atomic E-state index is 0.236. The number of nitrogens with one attached hydrogen (secondary N) is 3. The highest BCUT2D eigenvalue weighted by Gasteiger charge is 2.22. The Bertz CT molecular complexity index is 554. The molecule has 1 atom stereocenters. The Kier molecular flexibility index (Phi) is 2.57. The number of benzene rings is 1. The van der Waals surface area contributed by atoms with Crippen LogP contribution < -0.4 is 11.0 Å². The molecule has 0 fully saturated rings. The van der Waals surface area contributed by atoms with Crippen molar-refractivity contribution in [1.29, 1.82) is 0 Å². The highest BCUT2D eigenvalue weighted by molar-refractivity contribution is 5.75. The second kappa shape index (κ2) is 3.77. The van der Waals surface area contributed by atoms with Gasteiger partial charge in [0.1, 0.15) is 0 Å². The van der Waals surface area contributed by atoms with Crippen LogP contribution in [-0.2, 0) is 5.60 Å². The van der Waals surface area contributed by atoms with Gasteiger partial charge in [-0.2, -0.15) is 0 Å². The van der Waals surface area contributed by atoms with E-state index in [1.165, 1.54) is 0 Å². The molecule has 0 saturated heterocycles. The van der Waals surface area contributed by atoms with Gasteiger partial charge in [-0.05, 0) is 31.7 Å². The summed E-state index contributed by atoms with van der Waals surface area (Å²) in [7, 11) is 1.78. The van der Waals surface area contributed by atoms with Crippen LogP contribution in [0.2, 0.25) is 0 Å². The zero-order valence-electron chi connectivity index (χ0n) is 9.29. The summed E-state index contributed by atoms with van der Waals surface area (Å²) in [6.45, 7) is 2.18. The minimum Gasteiger partial charge on any atom is -0.384 e. The maximum atomic E-state index is 11.1. The van der Waals surface area contributed by atoms with Crippen LogP contribution in [0.1, 0.15) is 12.5 Å². The van der Waals surface area contributed by atoms with E-state index in [0.717, 1.165) is 11.1 Å². The lowest BCUT2D eigenvalue weighted by molar-refractivity contribution is 0.0593. The molecular formula is C11H15N3O2. The molecule has 16 heavy (non-hydrogen) atoms. The van der Waals surface area contributed by atoms with E-state index in [1.807, 2.05) is 6.07 Å². The number of hydrogen-bond acceptors (Lipinski definition) is 3. The Morgan fingerprint density at radius 2 is 2.06 bits per heavy atom. The van der Waals surface area contributed by atoms with Gasteiger partial charge in [-0.25, -0.2) is 4.79 Å². The molecule has 0 aliphatic rings. The standard InChI is InChI=1S/C11H15N3O2/c1-11(16,6-12-2)7-3-4-8-9(5-7)14-10(15)13-8/h3-5,12,16H,6H2,1-2H3,(H2,13,14,15). The van der Waals surface area contributed by atoms with Gasteiger partial charge in [0.25, 0.3) is 0 Å². The maximum absolute atomic E-state index is 11.1. The lowest BCUT2D eigenvalue weighted by Gasteiger charge is -2.23. The van der Waals surface area contributed by atoms with Crippen LogP contribution in [0.25, 0.3) is 11.0 Å². The van der Waals surface area contributed by atoms with Crippen LogP contribution in [0.4, 0.5) is 0 Å². The molecule has 0 aliphatic heterocycles. The van der Waals surface area contributed by atoms with E-state index < -0.39 is 5.60 Å². The second-order valence-corrected chi connectivity index (χ2v) is 4.14. The quantitative estimate of drug-likeness (QED) is 0.601. The van der Waals surface area contributed by atoms with Crippen molar-refractivity contribution in [3.05, 3.63) is 34.2 Å².